The third-order valence-corrected chi connectivity index (χ3v) is 6.97. The molecule has 0 unspecified atom stereocenters. The summed E-state index contributed by atoms with van der Waals surface area (Å²) in [6.07, 6.45) is 0. The number of piperazine rings is 1. The Bertz CT molecular complexity index is 944. The van der Waals surface area contributed by atoms with E-state index in [-0.39, 0.29) is 24.0 Å². The van der Waals surface area contributed by atoms with E-state index in [4.69, 9.17) is 4.74 Å². The highest BCUT2D eigenvalue weighted by atomic mass is 79.9. The molecule has 3 rings (SSSR count). The Labute approximate surface area is 173 Å². The molecule has 0 aromatic heterocycles. The van der Waals surface area contributed by atoms with Crippen molar-refractivity contribution in [1.29, 1.82) is 0 Å². The van der Waals surface area contributed by atoms with Gasteiger partial charge in [0, 0.05) is 42.8 Å². The van der Waals surface area contributed by atoms with Gasteiger partial charge in [0.15, 0.2) is 0 Å². The van der Waals surface area contributed by atoms with E-state index in [1.54, 1.807) is 36.3 Å². The normalized spacial score (nSPS) is 15.3. The summed E-state index contributed by atoms with van der Waals surface area (Å²) in [6, 6.07) is 13.9. The van der Waals surface area contributed by atoms with Crippen molar-refractivity contribution in [2.24, 2.45) is 0 Å². The van der Waals surface area contributed by atoms with Crippen molar-refractivity contribution in [3.8, 4) is 5.75 Å². The van der Waals surface area contributed by atoms with Crippen molar-refractivity contribution >= 4 is 32.0 Å². The highest BCUT2D eigenvalue weighted by molar-refractivity contribution is 9.10. The van der Waals surface area contributed by atoms with Gasteiger partial charge < -0.3 is 15.0 Å². The van der Waals surface area contributed by atoms with Gasteiger partial charge in [0.2, 0.25) is 10.0 Å². The Morgan fingerprint density at radius 3 is 2.50 bits per heavy atom. The number of benzene rings is 2. The summed E-state index contributed by atoms with van der Waals surface area (Å²) >= 11 is 3.30. The molecule has 9 heteroatoms. The maximum Gasteiger partial charge on any atom is 0.317 e. The quantitative estimate of drug-likeness (QED) is 0.732. The highest BCUT2D eigenvalue weighted by Gasteiger charge is 2.30. The van der Waals surface area contributed by atoms with Gasteiger partial charge in [-0.05, 0) is 24.3 Å². The molecule has 0 atom stereocenters. The maximum absolute atomic E-state index is 12.8. The number of amides is 2. The lowest BCUT2D eigenvalue weighted by Crippen LogP contribution is -2.52. The van der Waals surface area contributed by atoms with Crippen LogP contribution in [0.25, 0.3) is 0 Å². The molecule has 1 N–H and O–H groups in total. The van der Waals surface area contributed by atoms with E-state index >= 15 is 0 Å². The number of carbonyl (C=O) groups excluding carboxylic acids is 1. The van der Waals surface area contributed by atoms with Gasteiger partial charge in [-0.25, -0.2) is 13.2 Å². The van der Waals surface area contributed by atoms with Gasteiger partial charge in [0.25, 0.3) is 0 Å². The molecule has 0 radical (unpaired) electrons. The fourth-order valence-corrected chi connectivity index (χ4v) is 5.06. The number of nitrogens with zero attached hydrogens (tertiary/aromatic N) is 2. The molecule has 0 spiro atoms. The van der Waals surface area contributed by atoms with E-state index in [1.165, 1.54) is 4.31 Å². The van der Waals surface area contributed by atoms with Crippen LogP contribution < -0.4 is 10.1 Å². The fourth-order valence-electron chi connectivity index (χ4n) is 3.04. The second-order valence-electron chi connectivity index (χ2n) is 6.32. The molecule has 2 amide bonds. The van der Waals surface area contributed by atoms with Crippen LogP contribution in [0.15, 0.2) is 57.9 Å². The molecule has 0 bridgehead atoms. The van der Waals surface area contributed by atoms with E-state index < -0.39 is 10.0 Å². The van der Waals surface area contributed by atoms with Crippen LogP contribution in [0.2, 0.25) is 0 Å². The molecular weight excluding hydrogens is 446 g/mol. The third kappa shape index (κ3) is 4.65. The number of sulfonamides is 1. The van der Waals surface area contributed by atoms with Crippen molar-refractivity contribution in [3.05, 3.63) is 58.6 Å². The van der Waals surface area contributed by atoms with Gasteiger partial charge in [-0.2, -0.15) is 4.31 Å². The molecule has 1 aliphatic heterocycles. The van der Waals surface area contributed by atoms with Crippen LogP contribution in [0.4, 0.5) is 4.79 Å². The zero-order valence-corrected chi connectivity index (χ0v) is 17.9. The SMILES string of the molecule is COc1ccccc1CNC(=O)N1CCN(S(=O)(=O)c2cccc(Br)c2)CC1. The van der Waals surface area contributed by atoms with Crippen LogP contribution in [0, 0.1) is 0 Å². The second-order valence-corrected chi connectivity index (χ2v) is 9.17. The fraction of sp³-hybridized carbons (Fsp3) is 0.316. The number of ether oxygens (including phenoxy) is 1. The first-order chi connectivity index (χ1) is 13.4. The predicted molar refractivity (Wildman–Crippen MR) is 110 cm³/mol. The Morgan fingerprint density at radius 1 is 1.11 bits per heavy atom. The van der Waals surface area contributed by atoms with Gasteiger partial charge >= 0.3 is 6.03 Å². The summed E-state index contributed by atoms with van der Waals surface area (Å²) in [6.45, 7) is 1.54. The highest BCUT2D eigenvalue weighted by Crippen LogP contribution is 2.21. The molecule has 150 valence electrons. The van der Waals surface area contributed by atoms with Crippen molar-refractivity contribution in [2.45, 2.75) is 11.4 Å². The molecule has 28 heavy (non-hydrogen) atoms. The number of nitrogens with one attached hydrogen (secondary N) is 1. The van der Waals surface area contributed by atoms with Crippen LogP contribution in [-0.2, 0) is 16.6 Å². The summed E-state index contributed by atoms with van der Waals surface area (Å²) in [7, 11) is -1.98. The standard InChI is InChI=1S/C19H22BrN3O4S/c1-27-18-8-3-2-5-15(18)14-21-19(24)22-9-11-23(12-10-22)28(25,26)17-7-4-6-16(20)13-17/h2-8,13H,9-12,14H2,1H3,(H,21,24). The minimum Gasteiger partial charge on any atom is -0.496 e. The van der Waals surface area contributed by atoms with Crippen LogP contribution in [0.3, 0.4) is 0 Å². The van der Waals surface area contributed by atoms with Gasteiger partial charge in [-0.15, -0.1) is 0 Å². The first-order valence-electron chi connectivity index (χ1n) is 8.82. The second kappa shape index (κ2) is 8.93. The predicted octanol–water partition coefficient (Wildman–Crippen LogP) is 2.67. The van der Waals surface area contributed by atoms with E-state index in [0.29, 0.717) is 29.9 Å². The van der Waals surface area contributed by atoms with Gasteiger partial charge in [0.05, 0.1) is 12.0 Å². The first-order valence-corrected chi connectivity index (χ1v) is 11.1. The lowest BCUT2D eigenvalue weighted by atomic mass is 10.2. The van der Waals surface area contributed by atoms with E-state index in [9.17, 15) is 13.2 Å². The van der Waals surface area contributed by atoms with E-state index in [2.05, 4.69) is 21.2 Å². The average molecular weight is 468 g/mol. The summed E-state index contributed by atoms with van der Waals surface area (Å²) in [5, 5.41) is 2.87. The summed E-state index contributed by atoms with van der Waals surface area (Å²) in [4.78, 5) is 14.3. The Balaban J connectivity index is 1.57. The van der Waals surface area contributed by atoms with Crippen molar-refractivity contribution in [3.63, 3.8) is 0 Å². The van der Waals surface area contributed by atoms with Gasteiger partial charge in [0.1, 0.15) is 5.75 Å². The molecule has 1 heterocycles. The van der Waals surface area contributed by atoms with E-state index in [0.717, 1.165) is 5.56 Å². The number of rotatable bonds is 5. The molecule has 1 aliphatic rings. The molecule has 1 saturated heterocycles. The Hall–Kier alpha value is -2.10. The molecule has 7 nitrogen and oxygen atoms in total. The smallest absolute Gasteiger partial charge is 0.317 e. The van der Waals surface area contributed by atoms with Crippen LogP contribution in [0.5, 0.6) is 5.75 Å². The van der Waals surface area contributed by atoms with Crippen molar-refractivity contribution in [2.75, 3.05) is 33.3 Å². The summed E-state index contributed by atoms with van der Waals surface area (Å²) < 4.78 is 32.9. The number of halogens is 1. The largest absolute Gasteiger partial charge is 0.496 e. The molecule has 0 saturated carbocycles. The first kappa shape index (κ1) is 20.6. The topological polar surface area (TPSA) is 79.0 Å². The molecule has 2 aromatic rings. The number of hydrogen-bond acceptors (Lipinski definition) is 4. The Kier molecular flexibility index (Phi) is 6.58. The zero-order valence-electron chi connectivity index (χ0n) is 15.5. The number of methoxy groups -OCH3 is 1. The van der Waals surface area contributed by atoms with Crippen LogP contribution in [-0.4, -0.2) is 56.9 Å². The van der Waals surface area contributed by atoms with Crippen molar-refractivity contribution < 1.29 is 17.9 Å². The zero-order chi connectivity index (χ0) is 20.1. The van der Waals surface area contributed by atoms with E-state index in [1.807, 2.05) is 24.3 Å². The average Bonchev–Trinajstić information content (AvgIpc) is 2.72. The number of carbonyl (C=O) groups is 1. The van der Waals surface area contributed by atoms with Crippen LogP contribution >= 0.6 is 15.9 Å². The molecular formula is C19H22BrN3O4S. The number of urea groups is 1. The van der Waals surface area contributed by atoms with Crippen molar-refractivity contribution in [1.82, 2.24) is 14.5 Å². The maximum atomic E-state index is 12.8. The summed E-state index contributed by atoms with van der Waals surface area (Å²) in [5.74, 6) is 0.715. The minimum atomic E-state index is -3.57. The summed E-state index contributed by atoms with van der Waals surface area (Å²) in [5.41, 5.74) is 0.884. The minimum absolute atomic E-state index is 0.217. The molecule has 2 aromatic carbocycles. The monoisotopic (exact) mass is 467 g/mol. The Morgan fingerprint density at radius 2 is 1.82 bits per heavy atom. The number of hydrogen-bond donors (Lipinski definition) is 1. The molecule has 1 fully saturated rings. The van der Waals surface area contributed by atoms with Crippen LogP contribution in [0.1, 0.15) is 5.56 Å². The third-order valence-electron chi connectivity index (χ3n) is 4.58. The lowest BCUT2D eigenvalue weighted by Gasteiger charge is -2.34. The lowest BCUT2D eigenvalue weighted by molar-refractivity contribution is 0.172. The van der Waals surface area contributed by atoms with Gasteiger partial charge in [-0.1, -0.05) is 40.2 Å². The molecule has 0 aliphatic carbocycles. The van der Waals surface area contributed by atoms with Gasteiger partial charge in [-0.3, -0.25) is 0 Å². The number of para-hydroxylation sites is 1.